The summed E-state index contributed by atoms with van der Waals surface area (Å²) in [4.78, 5) is 32.7. The smallest absolute Gasteiger partial charge is 0.170 e. The average molecular weight is 204 g/mol. The SMILES string of the molecule is O=CCCC(=O)CC(=O)c1ccccc1. The van der Waals surface area contributed by atoms with Crippen molar-refractivity contribution in [1.82, 2.24) is 0 Å². The Morgan fingerprint density at radius 3 is 2.40 bits per heavy atom. The predicted octanol–water partition coefficient (Wildman–Crippen LogP) is 1.81. The molecule has 0 unspecified atom stereocenters. The summed E-state index contributed by atoms with van der Waals surface area (Å²) in [5, 5.41) is 0. The van der Waals surface area contributed by atoms with E-state index in [1.807, 2.05) is 6.07 Å². The molecule has 0 fully saturated rings. The molecule has 1 rings (SSSR count). The van der Waals surface area contributed by atoms with Crippen molar-refractivity contribution in [3.05, 3.63) is 35.9 Å². The minimum Gasteiger partial charge on any atom is -0.303 e. The summed E-state index contributed by atoms with van der Waals surface area (Å²) in [6.45, 7) is 0. The lowest BCUT2D eigenvalue weighted by Crippen LogP contribution is -2.08. The number of benzene rings is 1. The zero-order valence-corrected chi connectivity index (χ0v) is 8.31. The first-order chi connectivity index (χ1) is 7.24. The first-order valence-corrected chi connectivity index (χ1v) is 4.77. The third kappa shape index (κ3) is 3.85. The van der Waals surface area contributed by atoms with Crippen LogP contribution in [0.1, 0.15) is 29.6 Å². The Balaban J connectivity index is 2.49. The highest BCUT2D eigenvalue weighted by atomic mass is 16.1. The topological polar surface area (TPSA) is 51.2 Å². The van der Waals surface area contributed by atoms with Gasteiger partial charge in [0.05, 0.1) is 6.42 Å². The molecule has 0 saturated carbocycles. The normalized spacial score (nSPS) is 9.60. The van der Waals surface area contributed by atoms with E-state index in [-0.39, 0.29) is 30.8 Å². The number of carbonyl (C=O) groups excluding carboxylic acids is 3. The second-order valence-corrected chi connectivity index (χ2v) is 3.21. The zero-order chi connectivity index (χ0) is 11.1. The summed E-state index contributed by atoms with van der Waals surface area (Å²) in [5.74, 6) is -0.373. The van der Waals surface area contributed by atoms with Crippen molar-refractivity contribution in [2.24, 2.45) is 0 Å². The maximum Gasteiger partial charge on any atom is 0.170 e. The molecule has 0 spiro atoms. The summed E-state index contributed by atoms with van der Waals surface area (Å²) in [7, 11) is 0. The van der Waals surface area contributed by atoms with E-state index in [0.29, 0.717) is 11.8 Å². The molecule has 0 heterocycles. The molecule has 0 saturated heterocycles. The molecule has 0 atom stereocenters. The minimum atomic E-state index is -0.188. The van der Waals surface area contributed by atoms with Crippen molar-refractivity contribution in [3.63, 3.8) is 0 Å². The molecule has 1 aromatic carbocycles. The van der Waals surface area contributed by atoms with E-state index in [1.54, 1.807) is 24.3 Å². The monoisotopic (exact) mass is 204 g/mol. The Labute approximate surface area is 88.1 Å². The molecule has 0 radical (unpaired) electrons. The Bertz CT molecular complexity index is 354. The first-order valence-electron chi connectivity index (χ1n) is 4.77. The third-order valence-electron chi connectivity index (χ3n) is 1.99. The van der Waals surface area contributed by atoms with Gasteiger partial charge < -0.3 is 4.79 Å². The lowest BCUT2D eigenvalue weighted by molar-refractivity contribution is -0.120. The maximum absolute atomic E-state index is 11.5. The van der Waals surface area contributed by atoms with E-state index < -0.39 is 0 Å². The fourth-order valence-electron chi connectivity index (χ4n) is 1.21. The standard InChI is InChI=1S/C12H12O3/c13-8-4-7-11(14)9-12(15)10-5-2-1-3-6-10/h1-3,5-6,8H,4,7,9H2. The summed E-state index contributed by atoms with van der Waals surface area (Å²) < 4.78 is 0. The van der Waals surface area contributed by atoms with Gasteiger partial charge in [0, 0.05) is 18.4 Å². The van der Waals surface area contributed by atoms with Gasteiger partial charge in [-0.3, -0.25) is 9.59 Å². The molecule has 0 aromatic heterocycles. The number of ketones is 2. The highest BCUT2D eigenvalue weighted by molar-refractivity contribution is 6.08. The van der Waals surface area contributed by atoms with Gasteiger partial charge in [0.1, 0.15) is 12.1 Å². The van der Waals surface area contributed by atoms with Crippen LogP contribution in [0, 0.1) is 0 Å². The van der Waals surface area contributed by atoms with Crippen molar-refractivity contribution in [2.45, 2.75) is 19.3 Å². The molecule has 0 aliphatic carbocycles. The fraction of sp³-hybridized carbons (Fsp3) is 0.250. The van der Waals surface area contributed by atoms with Crippen molar-refractivity contribution in [2.75, 3.05) is 0 Å². The van der Waals surface area contributed by atoms with Crippen LogP contribution in [0.25, 0.3) is 0 Å². The molecule has 0 amide bonds. The molecule has 0 aliphatic rings. The van der Waals surface area contributed by atoms with Crippen LogP contribution in [-0.4, -0.2) is 17.9 Å². The fourth-order valence-corrected chi connectivity index (χ4v) is 1.21. The van der Waals surface area contributed by atoms with E-state index in [2.05, 4.69) is 0 Å². The van der Waals surface area contributed by atoms with E-state index in [4.69, 9.17) is 0 Å². The molecule has 1 aromatic rings. The molecule has 3 heteroatoms. The maximum atomic E-state index is 11.5. The van der Waals surface area contributed by atoms with E-state index in [0.717, 1.165) is 0 Å². The van der Waals surface area contributed by atoms with Crippen LogP contribution in [0.5, 0.6) is 0 Å². The number of aldehydes is 1. The number of rotatable bonds is 6. The average Bonchev–Trinajstić information content (AvgIpc) is 2.27. The highest BCUT2D eigenvalue weighted by Gasteiger charge is 2.10. The van der Waals surface area contributed by atoms with E-state index in [9.17, 15) is 14.4 Å². The van der Waals surface area contributed by atoms with Crippen LogP contribution in [0.15, 0.2) is 30.3 Å². The Morgan fingerprint density at radius 2 is 1.80 bits per heavy atom. The Kier molecular flexibility index (Phi) is 4.41. The number of carbonyl (C=O) groups is 3. The second kappa shape index (κ2) is 5.86. The molecule has 3 nitrogen and oxygen atoms in total. The number of hydrogen-bond acceptors (Lipinski definition) is 3. The largest absolute Gasteiger partial charge is 0.303 e. The van der Waals surface area contributed by atoms with Crippen LogP contribution in [0.3, 0.4) is 0 Å². The minimum absolute atomic E-state index is 0.113. The molecule has 15 heavy (non-hydrogen) atoms. The first kappa shape index (κ1) is 11.3. The van der Waals surface area contributed by atoms with Crippen molar-refractivity contribution in [1.29, 1.82) is 0 Å². The van der Waals surface area contributed by atoms with Gasteiger partial charge in [-0.1, -0.05) is 30.3 Å². The lowest BCUT2D eigenvalue weighted by atomic mass is 10.0. The lowest BCUT2D eigenvalue weighted by Gasteiger charge is -1.98. The Hall–Kier alpha value is -1.77. The van der Waals surface area contributed by atoms with Crippen molar-refractivity contribution in [3.8, 4) is 0 Å². The molecule has 0 aliphatic heterocycles. The molecule has 0 bridgehead atoms. The van der Waals surface area contributed by atoms with Crippen molar-refractivity contribution >= 4 is 17.9 Å². The molecular formula is C12H12O3. The summed E-state index contributed by atoms with van der Waals surface area (Å²) in [6.07, 6.45) is 0.922. The van der Waals surface area contributed by atoms with Gasteiger partial charge in [-0.2, -0.15) is 0 Å². The van der Waals surface area contributed by atoms with Crippen LogP contribution >= 0.6 is 0 Å². The van der Waals surface area contributed by atoms with Crippen LogP contribution in [0.4, 0.5) is 0 Å². The van der Waals surface area contributed by atoms with Gasteiger partial charge >= 0.3 is 0 Å². The highest BCUT2D eigenvalue weighted by Crippen LogP contribution is 2.05. The zero-order valence-electron chi connectivity index (χ0n) is 8.31. The second-order valence-electron chi connectivity index (χ2n) is 3.21. The van der Waals surface area contributed by atoms with Crippen LogP contribution in [0.2, 0.25) is 0 Å². The number of Topliss-reactive ketones (excluding diaryl/α,β-unsaturated/α-hetero) is 2. The summed E-state index contributed by atoms with van der Waals surface area (Å²) >= 11 is 0. The van der Waals surface area contributed by atoms with Gasteiger partial charge in [0.15, 0.2) is 5.78 Å². The molecular weight excluding hydrogens is 192 g/mol. The third-order valence-corrected chi connectivity index (χ3v) is 1.99. The quantitative estimate of drug-likeness (QED) is 0.403. The molecule has 78 valence electrons. The molecule has 0 N–H and O–H groups in total. The van der Waals surface area contributed by atoms with Gasteiger partial charge in [-0.05, 0) is 0 Å². The number of hydrogen-bond donors (Lipinski definition) is 0. The Morgan fingerprint density at radius 1 is 1.13 bits per heavy atom. The van der Waals surface area contributed by atoms with Crippen LogP contribution < -0.4 is 0 Å². The van der Waals surface area contributed by atoms with Crippen molar-refractivity contribution < 1.29 is 14.4 Å². The van der Waals surface area contributed by atoms with E-state index >= 15 is 0 Å². The van der Waals surface area contributed by atoms with Gasteiger partial charge in [-0.25, -0.2) is 0 Å². The van der Waals surface area contributed by atoms with Gasteiger partial charge in [0.25, 0.3) is 0 Å². The van der Waals surface area contributed by atoms with Gasteiger partial charge in [0.2, 0.25) is 0 Å². The summed E-state index contributed by atoms with van der Waals surface area (Å²) in [5.41, 5.74) is 0.539. The van der Waals surface area contributed by atoms with Gasteiger partial charge in [-0.15, -0.1) is 0 Å². The van der Waals surface area contributed by atoms with Crippen LogP contribution in [-0.2, 0) is 9.59 Å². The summed E-state index contributed by atoms with van der Waals surface area (Å²) in [6, 6.07) is 8.67. The van der Waals surface area contributed by atoms with E-state index in [1.165, 1.54) is 0 Å². The predicted molar refractivity (Wildman–Crippen MR) is 55.7 cm³/mol.